The molecular formula is C8H11N3O2. The molecule has 5 nitrogen and oxygen atoms in total. The Morgan fingerprint density at radius 2 is 2.38 bits per heavy atom. The Hall–Kier alpha value is -1.54. The minimum absolute atomic E-state index is 0.160. The Bertz CT molecular complexity index is 380. The van der Waals surface area contributed by atoms with E-state index in [2.05, 4.69) is 16.9 Å². The van der Waals surface area contributed by atoms with Crippen molar-refractivity contribution in [2.24, 2.45) is 7.05 Å². The van der Waals surface area contributed by atoms with Crippen LogP contribution in [-0.4, -0.2) is 28.1 Å². The van der Waals surface area contributed by atoms with Crippen LogP contribution in [0.2, 0.25) is 0 Å². The molecule has 13 heavy (non-hydrogen) atoms. The molecule has 0 bridgehead atoms. The molecule has 1 aromatic heterocycles. The van der Waals surface area contributed by atoms with Crippen molar-refractivity contribution in [1.82, 2.24) is 14.3 Å². The van der Waals surface area contributed by atoms with E-state index in [1.54, 1.807) is 14.2 Å². The summed E-state index contributed by atoms with van der Waals surface area (Å²) in [6.07, 6.45) is 1.46. The highest BCUT2D eigenvalue weighted by molar-refractivity contribution is 4.99. The summed E-state index contributed by atoms with van der Waals surface area (Å²) in [7, 11) is 3.17. The van der Waals surface area contributed by atoms with Gasteiger partial charge in [-0.1, -0.05) is 11.8 Å². The Morgan fingerprint density at radius 1 is 1.62 bits per heavy atom. The maximum absolute atomic E-state index is 11.2. The third kappa shape index (κ3) is 2.46. The Balaban J connectivity index is 2.62. The molecule has 0 radical (unpaired) electrons. The van der Waals surface area contributed by atoms with Crippen molar-refractivity contribution >= 4 is 0 Å². The monoisotopic (exact) mass is 181 g/mol. The first-order valence-corrected chi connectivity index (χ1v) is 3.79. The second kappa shape index (κ2) is 4.48. The molecular weight excluding hydrogens is 170 g/mol. The predicted molar refractivity (Wildman–Crippen MR) is 47.1 cm³/mol. The van der Waals surface area contributed by atoms with Gasteiger partial charge in [-0.2, -0.15) is 5.10 Å². The fraction of sp³-hybridized carbons (Fsp3) is 0.500. The highest BCUT2D eigenvalue weighted by atomic mass is 16.5. The molecule has 0 fully saturated rings. The van der Waals surface area contributed by atoms with Gasteiger partial charge in [-0.3, -0.25) is 4.57 Å². The highest BCUT2D eigenvalue weighted by Gasteiger charge is 1.96. The lowest BCUT2D eigenvalue weighted by atomic mass is 10.5. The van der Waals surface area contributed by atoms with E-state index < -0.39 is 0 Å². The van der Waals surface area contributed by atoms with Crippen molar-refractivity contribution in [1.29, 1.82) is 0 Å². The number of hydrogen-bond donors (Lipinski definition) is 0. The molecule has 1 aromatic rings. The zero-order chi connectivity index (χ0) is 9.68. The highest BCUT2D eigenvalue weighted by Crippen LogP contribution is 1.75. The lowest BCUT2D eigenvalue weighted by Crippen LogP contribution is -2.22. The molecule has 0 saturated heterocycles. The van der Waals surface area contributed by atoms with E-state index in [0.29, 0.717) is 13.2 Å². The van der Waals surface area contributed by atoms with Crippen LogP contribution in [0.5, 0.6) is 0 Å². The molecule has 0 amide bonds. The number of methoxy groups -OCH3 is 1. The Kier molecular flexibility index (Phi) is 3.29. The summed E-state index contributed by atoms with van der Waals surface area (Å²) in [5.74, 6) is 5.54. The molecule has 0 saturated carbocycles. The van der Waals surface area contributed by atoms with E-state index in [0.717, 1.165) is 0 Å². The molecule has 1 heterocycles. The molecule has 0 unspecified atom stereocenters. The molecule has 0 atom stereocenters. The van der Waals surface area contributed by atoms with Gasteiger partial charge < -0.3 is 4.74 Å². The van der Waals surface area contributed by atoms with E-state index in [1.165, 1.54) is 15.6 Å². The second-order valence-corrected chi connectivity index (χ2v) is 2.45. The van der Waals surface area contributed by atoms with E-state index in [1.807, 2.05) is 0 Å². The maximum Gasteiger partial charge on any atom is 0.346 e. The molecule has 0 N–H and O–H groups in total. The third-order valence-electron chi connectivity index (χ3n) is 1.48. The van der Waals surface area contributed by atoms with Gasteiger partial charge in [0, 0.05) is 14.2 Å². The van der Waals surface area contributed by atoms with Gasteiger partial charge in [-0.15, -0.1) is 0 Å². The number of aromatic nitrogens is 3. The number of hydrogen-bond acceptors (Lipinski definition) is 3. The summed E-state index contributed by atoms with van der Waals surface area (Å²) in [5.41, 5.74) is -0.160. The maximum atomic E-state index is 11.2. The van der Waals surface area contributed by atoms with Crippen molar-refractivity contribution in [2.45, 2.75) is 6.54 Å². The Labute approximate surface area is 75.9 Å². The van der Waals surface area contributed by atoms with Gasteiger partial charge in [0.15, 0.2) is 0 Å². The molecule has 0 spiro atoms. The van der Waals surface area contributed by atoms with Crippen LogP contribution >= 0.6 is 0 Å². The quantitative estimate of drug-likeness (QED) is 0.563. The van der Waals surface area contributed by atoms with Crippen LogP contribution in [0, 0.1) is 11.8 Å². The van der Waals surface area contributed by atoms with E-state index >= 15 is 0 Å². The van der Waals surface area contributed by atoms with Gasteiger partial charge in [0.05, 0.1) is 6.54 Å². The van der Waals surface area contributed by atoms with Crippen LogP contribution in [0.4, 0.5) is 0 Å². The van der Waals surface area contributed by atoms with Gasteiger partial charge in [0.1, 0.15) is 12.9 Å². The van der Waals surface area contributed by atoms with Crippen LogP contribution in [0.15, 0.2) is 11.1 Å². The Morgan fingerprint density at radius 3 is 2.92 bits per heavy atom. The minimum atomic E-state index is -0.160. The summed E-state index contributed by atoms with van der Waals surface area (Å²) in [5, 5.41) is 3.78. The van der Waals surface area contributed by atoms with Crippen LogP contribution in [-0.2, 0) is 18.3 Å². The fourth-order valence-electron chi connectivity index (χ4n) is 0.797. The zero-order valence-electron chi connectivity index (χ0n) is 7.65. The van der Waals surface area contributed by atoms with Gasteiger partial charge in [0.25, 0.3) is 0 Å². The van der Waals surface area contributed by atoms with E-state index in [9.17, 15) is 4.79 Å². The molecule has 1 rings (SSSR count). The largest absolute Gasteiger partial charge is 0.372 e. The van der Waals surface area contributed by atoms with Crippen molar-refractivity contribution in [2.75, 3.05) is 13.7 Å². The first-order chi connectivity index (χ1) is 6.25. The predicted octanol–water partition coefficient (Wildman–Crippen LogP) is -0.768. The standard InChI is InChI=1S/C8H11N3O2/c1-10-8(12)11(7-9-10)5-3-4-6-13-2/h7H,5-6H2,1-2H3. The topological polar surface area (TPSA) is 49.0 Å². The van der Waals surface area contributed by atoms with Crippen LogP contribution < -0.4 is 5.69 Å². The minimum Gasteiger partial charge on any atom is -0.372 e. The van der Waals surface area contributed by atoms with Crippen LogP contribution in [0.1, 0.15) is 0 Å². The summed E-state index contributed by atoms with van der Waals surface area (Å²) >= 11 is 0. The molecule has 0 aromatic carbocycles. The van der Waals surface area contributed by atoms with E-state index in [-0.39, 0.29) is 5.69 Å². The smallest absolute Gasteiger partial charge is 0.346 e. The van der Waals surface area contributed by atoms with Crippen molar-refractivity contribution in [3.05, 3.63) is 16.8 Å². The van der Waals surface area contributed by atoms with Gasteiger partial charge in [-0.25, -0.2) is 9.48 Å². The first-order valence-electron chi connectivity index (χ1n) is 3.79. The average molecular weight is 181 g/mol. The molecule has 0 aliphatic heterocycles. The SMILES string of the molecule is COCC#CCn1cnn(C)c1=O. The molecule has 70 valence electrons. The van der Waals surface area contributed by atoms with Gasteiger partial charge in [-0.05, 0) is 0 Å². The number of ether oxygens (including phenoxy) is 1. The fourth-order valence-corrected chi connectivity index (χ4v) is 0.797. The van der Waals surface area contributed by atoms with Crippen molar-refractivity contribution in [3.8, 4) is 11.8 Å². The summed E-state index contributed by atoms with van der Waals surface area (Å²) in [4.78, 5) is 11.2. The van der Waals surface area contributed by atoms with E-state index in [4.69, 9.17) is 4.74 Å². The lowest BCUT2D eigenvalue weighted by Gasteiger charge is -1.89. The van der Waals surface area contributed by atoms with Crippen LogP contribution in [0.3, 0.4) is 0 Å². The second-order valence-electron chi connectivity index (χ2n) is 2.45. The lowest BCUT2D eigenvalue weighted by molar-refractivity contribution is 0.239. The number of nitrogens with zero attached hydrogens (tertiary/aromatic N) is 3. The number of aryl methyl sites for hydroxylation is 1. The summed E-state index contributed by atoms with van der Waals surface area (Å²) < 4.78 is 7.43. The normalized spacial score (nSPS) is 9.38. The number of rotatable bonds is 2. The van der Waals surface area contributed by atoms with Gasteiger partial charge in [0.2, 0.25) is 0 Å². The van der Waals surface area contributed by atoms with Crippen molar-refractivity contribution < 1.29 is 4.74 Å². The summed E-state index contributed by atoms with van der Waals surface area (Å²) in [6, 6.07) is 0. The third-order valence-corrected chi connectivity index (χ3v) is 1.48. The molecule has 0 aliphatic carbocycles. The molecule has 0 aliphatic rings. The van der Waals surface area contributed by atoms with Crippen LogP contribution in [0.25, 0.3) is 0 Å². The first kappa shape index (κ1) is 9.55. The summed E-state index contributed by atoms with van der Waals surface area (Å²) in [6.45, 7) is 0.741. The van der Waals surface area contributed by atoms with Crippen molar-refractivity contribution in [3.63, 3.8) is 0 Å². The zero-order valence-corrected chi connectivity index (χ0v) is 7.65. The average Bonchev–Trinajstić information content (AvgIpc) is 2.43. The van der Waals surface area contributed by atoms with Gasteiger partial charge >= 0.3 is 5.69 Å². The molecule has 5 heteroatoms.